The summed E-state index contributed by atoms with van der Waals surface area (Å²) in [6, 6.07) is 13.3. The monoisotopic (exact) mass is 267 g/mol. The van der Waals surface area contributed by atoms with Crippen molar-refractivity contribution in [1.82, 2.24) is 0 Å². The van der Waals surface area contributed by atoms with Gasteiger partial charge in [0.05, 0.1) is 5.56 Å². The Balaban J connectivity index is 1.77. The van der Waals surface area contributed by atoms with E-state index in [0.717, 1.165) is 22.6 Å². The van der Waals surface area contributed by atoms with E-state index in [0.29, 0.717) is 17.9 Å². The van der Waals surface area contributed by atoms with E-state index in [-0.39, 0.29) is 6.79 Å². The van der Waals surface area contributed by atoms with Gasteiger partial charge in [-0.1, -0.05) is 12.1 Å². The van der Waals surface area contributed by atoms with Crippen LogP contribution in [0.4, 0.5) is 0 Å². The fraction of sp³-hybridized carbons (Fsp3) is 0.188. The largest absolute Gasteiger partial charge is 0.488 e. The summed E-state index contributed by atoms with van der Waals surface area (Å²) in [7, 11) is 0. The molecule has 2 aromatic carbocycles. The number of nitriles is 1. The molecule has 4 nitrogen and oxygen atoms in total. The van der Waals surface area contributed by atoms with Gasteiger partial charge in [0.25, 0.3) is 0 Å². The van der Waals surface area contributed by atoms with Gasteiger partial charge in [0, 0.05) is 0 Å². The summed E-state index contributed by atoms with van der Waals surface area (Å²) >= 11 is 0. The maximum absolute atomic E-state index is 9.07. The van der Waals surface area contributed by atoms with Crippen LogP contribution in [0.3, 0.4) is 0 Å². The molecule has 0 unspecified atom stereocenters. The molecule has 1 aliphatic heterocycles. The number of benzene rings is 2. The molecule has 100 valence electrons. The first-order valence-corrected chi connectivity index (χ1v) is 6.28. The van der Waals surface area contributed by atoms with Crippen LogP contribution in [0.15, 0.2) is 36.4 Å². The smallest absolute Gasteiger partial charge is 0.231 e. The Morgan fingerprint density at radius 2 is 2.00 bits per heavy atom. The first-order valence-electron chi connectivity index (χ1n) is 6.28. The summed E-state index contributed by atoms with van der Waals surface area (Å²) in [5, 5.41) is 9.07. The molecule has 0 saturated carbocycles. The number of rotatable bonds is 3. The zero-order valence-electron chi connectivity index (χ0n) is 11.1. The highest BCUT2D eigenvalue weighted by Gasteiger charge is 2.13. The van der Waals surface area contributed by atoms with Gasteiger partial charge in [-0.25, -0.2) is 0 Å². The molecule has 0 radical (unpaired) electrons. The molecule has 0 bridgehead atoms. The van der Waals surface area contributed by atoms with E-state index in [1.54, 1.807) is 6.07 Å². The van der Waals surface area contributed by atoms with Crippen LogP contribution in [-0.4, -0.2) is 6.79 Å². The van der Waals surface area contributed by atoms with Gasteiger partial charge < -0.3 is 14.2 Å². The topological polar surface area (TPSA) is 51.5 Å². The van der Waals surface area contributed by atoms with Crippen LogP contribution >= 0.6 is 0 Å². The molecule has 4 heteroatoms. The molecule has 0 saturated heterocycles. The molecule has 1 aliphatic rings. The van der Waals surface area contributed by atoms with Crippen LogP contribution < -0.4 is 14.2 Å². The summed E-state index contributed by atoms with van der Waals surface area (Å²) in [6.45, 7) is 2.61. The third kappa shape index (κ3) is 2.39. The Morgan fingerprint density at radius 1 is 1.15 bits per heavy atom. The minimum Gasteiger partial charge on any atom is -0.488 e. The second kappa shape index (κ2) is 5.14. The van der Waals surface area contributed by atoms with E-state index in [2.05, 4.69) is 6.07 Å². The molecule has 0 N–H and O–H groups in total. The lowest BCUT2D eigenvalue weighted by atomic mass is 10.1. The van der Waals surface area contributed by atoms with Gasteiger partial charge in [0.2, 0.25) is 6.79 Å². The Labute approximate surface area is 117 Å². The van der Waals surface area contributed by atoms with Crippen molar-refractivity contribution in [2.75, 3.05) is 6.79 Å². The Bertz CT molecular complexity index is 689. The molecular weight excluding hydrogens is 254 g/mol. The summed E-state index contributed by atoms with van der Waals surface area (Å²) in [5.41, 5.74) is 2.57. The number of aryl methyl sites for hydroxylation is 1. The van der Waals surface area contributed by atoms with Gasteiger partial charge in [-0.2, -0.15) is 5.26 Å². The highest BCUT2D eigenvalue weighted by atomic mass is 16.7. The average Bonchev–Trinajstić information content (AvgIpc) is 2.92. The zero-order chi connectivity index (χ0) is 13.9. The van der Waals surface area contributed by atoms with Crippen LogP contribution in [-0.2, 0) is 6.61 Å². The van der Waals surface area contributed by atoms with Gasteiger partial charge in [0.1, 0.15) is 18.4 Å². The number of nitrogens with zero attached hydrogens (tertiary/aromatic N) is 1. The molecule has 0 aromatic heterocycles. The minimum absolute atomic E-state index is 0.260. The first-order chi connectivity index (χ1) is 9.76. The molecule has 2 aromatic rings. The molecule has 20 heavy (non-hydrogen) atoms. The predicted octanol–water partition coefficient (Wildman–Crippen LogP) is 3.17. The van der Waals surface area contributed by atoms with Crippen molar-refractivity contribution in [1.29, 1.82) is 5.26 Å². The number of ether oxygens (including phenoxy) is 3. The quantitative estimate of drug-likeness (QED) is 0.857. The van der Waals surface area contributed by atoms with E-state index >= 15 is 0 Å². The third-order valence-electron chi connectivity index (χ3n) is 3.09. The maximum atomic E-state index is 9.07. The molecular formula is C16H13NO3. The lowest BCUT2D eigenvalue weighted by molar-refractivity contribution is 0.174. The molecule has 0 fully saturated rings. The van der Waals surface area contributed by atoms with Gasteiger partial charge >= 0.3 is 0 Å². The van der Waals surface area contributed by atoms with Crippen molar-refractivity contribution in [2.45, 2.75) is 13.5 Å². The fourth-order valence-electron chi connectivity index (χ4n) is 2.03. The van der Waals surface area contributed by atoms with E-state index in [1.807, 2.05) is 37.3 Å². The Kier molecular flexibility index (Phi) is 3.18. The highest BCUT2D eigenvalue weighted by Crippen LogP contribution is 2.33. The number of fused-ring (bicyclic) bond motifs is 1. The van der Waals surface area contributed by atoms with Gasteiger partial charge in [-0.15, -0.1) is 0 Å². The molecule has 0 atom stereocenters. The van der Waals surface area contributed by atoms with E-state index in [9.17, 15) is 0 Å². The van der Waals surface area contributed by atoms with Crippen molar-refractivity contribution >= 4 is 0 Å². The van der Waals surface area contributed by atoms with Crippen LogP contribution in [0.2, 0.25) is 0 Å². The van der Waals surface area contributed by atoms with Crippen molar-refractivity contribution in [3.63, 3.8) is 0 Å². The minimum atomic E-state index is 0.260. The fourth-order valence-corrected chi connectivity index (χ4v) is 2.03. The van der Waals surface area contributed by atoms with Crippen molar-refractivity contribution in [2.24, 2.45) is 0 Å². The Morgan fingerprint density at radius 3 is 2.85 bits per heavy atom. The van der Waals surface area contributed by atoms with Crippen molar-refractivity contribution in [3.8, 4) is 23.3 Å². The van der Waals surface area contributed by atoms with Gasteiger partial charge in [-0.3, -0.25) is 0 Å². The molecule has 0 spiro atoms. The molecule has 1 heterocycles. The second-order valence-electron chi connectivity index (χ2n) is 4.59. The third-order valence-corrected chi connectivity index (χ3v) is 3.09. The maximum Gasteiger partial charge on any atom is 0.231 e. The van der Waals surface area contributed by atoms with Gasteiger partial charge in [0.15, 0.2) is 11.5 Å². The van der Waals surface area contributed by atoms with Crippen LogP contribution in [0.25, 0.3) is 0 Å². The predicted molar refractivity (Wildman–Crippen MR) is 72.8 cm³/mol. The zero-order valence-corrected chi connectivity index (χ0v) is 11.1. The summed E-state index contributed by atoms with van der Waals surface area (Å²) < 4.78 is 16.3. The second-order valence-corrected chi connectivity index (χ2v) is 4.59. The average molecular weight is 267 g/mol. The number of hydrogen-bond acceptors (Lipinski definition) is 4. The molecule has 3 rings (SSSR count). The van der Waals surface area contributed by atoms with Crippen LogP contribution in [0.5, 0.6) is 17.2 Å². The highest BCUT2D eigenvalue weighted by molar-refractivity contribution is 5.46. The van der Waals surface area contributed by atoms with Crippen molar-refractivity contribution < 1.29 is 14.2 Å². The lowest BCUT2D eigenvalue weighted by Gasteiger charge is -2.09. The molecule has 0 amide bonds. The van der Waals surface area contributed by atoms with Crippen LogP contribution in [0.1, 0.15) is 16.7 Å². The molecule has 0 aliphatic carbocycles. The van der Waals surface area contributed by atoms with Crippen LogP contribution in [0, 0.1) is 18.3 Å². The number of hydrogen-bond donors (Lipinski definition) is 0. The standard InChI is InChI=1S/C16H13NO3/c1-11-2-4-13(8-17)15(6-11)18-9-12-3-5-14-16(7-12)20-10-19-14/h2-7H,9-10H2,1H3. The van der Waals surface area contributed by atoms with E-state index in [1.165, 1.54) is 0 Å². The van der Waals surface area contributed by atoms with E-state index < -0.39 is 0 Å². The van der Waals surface area contributed by atoms with E-state index in [4.69, 9.17) is 19.5 Å². The summed E-state index contributed by atoms with van der Waals surface area (Å²) in [6.07, 6.45) is 0. The lowest BCUT2D eigenvalue weighted by Crippen LogP contribution is -1.98. The normalized spacial score (nSPS) is 12.0. The van der Waals surface area contributed by atoms with Gasteiger partial charge in [-0.05, 0) is 42.3 Å². The SMILES string of the molecule is Cc1ccc(C#N)c(OCc2ccc3c(c2)OCO3)c1. The summed E-state index contributed by atoms with van der Waals surface area (Å²) in [4.78, 5) is 0. The Hall–Kier alpha value is -2.67. The summed E-state index contributed by atoms with van der Waals surface area (Å²) in [5.74, 6) is 2.09. The van der Waals surface area contributed by atoms with Crippen molar-refractivity contribution in [3.05, 3.63) is 53.1 Å². The first kappa shape index (κ1) is 12.4.